The van der Waals surface area contributed by atoms with Gasteiger partial charge in [0, 0.05) is 5.41 Å². The van der Waals surface area contributed by atoms with Gasteiger partial charge in [-0.2, -0.15) is 4.68 Å². The van der Waals surface area contributed by atoms with Crippen LogP contribution in [0.25, 0.3) is 5.69 Å². The maximum absolute atomic E-state index is 4.09. The van der Waals surface area contributed by atoms with Crippen LogP contribution >= 0.6 is 0 Å². The predicted octanol–water partition coefficient (Wildman–Crippen LogP) is 2.27. The Kier molecular flexibility index (Phi) is 2.50. The largest absolute Gasteiger partial charge is 0.197 e. The van der Waals surface area contributed by atoms with E-state index >= 15 is 0 Å². The second kappa shape index (κ2) is 3.70. The van der Waals surface area contributed by atoms with Crippen molar-refractivity contribution in [3.8, 4) is 5.69 Å². The van der Waals surface area contributed by atoms with Crippen LogP contribution in [-0.4, -0.2) is 20.2 Å². The summed E-state index contributed by atoms with van der Waals surface area (Å²) in [6, 6.07) is 8.18. The van der Waals surface area contributed by atoms with E-state index in [1.807, 2.05) is 12.1 Å². The second-order valence-corrected chi connectivity index (χ2v) is 5.00. The molecule has 0 radical (unpaired) electrons. The molecule has 0 bridgehead atoms. The zero-order valence-corrected chi connectivity index (χ0v) is 10.1. The van der Waals surface area contributed by atoms with Crippen molar-refractivity contribution >= 4 is 0 Å². The van der Waals surface area contributed by atoms with Gasteiger partial charge in [0.15, 0.2) is 5.82 Å². The molecule has 0 unspecified atom stereocenters. The highest BCUT2D eigenvalue weighted by Gasteiger charge is 2.22. The van der Waals surface area contributed by atoms with Crippen molar-refractivity contribution in [3.05, 3.63) is 35.7 Å². The average Bonchev–Trinajstić information content (AvgIpc) is 2.66. The fourth-order valence-corrected chi connectivity index (χ4v) is 1.51. The summed E-state index contributed by atoms with van der Waals surface area (Å²) in [6.07, 6.45) is 0. The Labute approximate surface area is 95.3 Å². The van der Waals surface area contributed by atoms with Crippen LogP contribution < -0.4 is 0 Å². The van der Waals surface area contributed by atoms with Crippen molar-refractivity contribution in [2.75, 3.05) is 0 Å². The minimum absolute atomic E-state index is 0.0611. The third-order valence-corrected chi connectivity index (χ3v) is 2.42. The molecule has 1 aromatic carbocycles. The monoisotopic (exact) mass is 216 g/mol. The highest BCUT2D eigenvalue weighted by Crippen LogP contribution is 2.21. The highest BCUT2D eigenvalue weighted by molar-refractivity contribution is 5.34. The third kappa shape index (κ3) is 1.96. The molecule has 0 N–H and O–H groups in total. The van der Waals surface area contributed by atoms with Gasteiger partial charge in [0.1, 0.15) is 0 Å². The van der Waals surface area contributed by atoms with Gasteiger partial charge < -0.3 is 0 Å². The second-order valence-electron chi connectivity index (χ2n) is 5.00. The first-order valence-electron chi connectivity index (χ1n) is 5.34. The SMILES string of the molecule is Cc1ccc(-n2nnnc2C(C)(C)C)cc1. The van der Waals surface area contributed by atoms with Crippen LogP contribution in [0.4, 0.5) is 0 Å². The van der Waals surface area contributed by atoms with Crippen molar-refractivity contribution in [1.82, 2.24) is 20.2 Å². The van der Waals surface area contributed by atoms with E-state index in [2.05, 4.69) is 55.4 Å². The van der Waals surface area contributed by atoms with Gasteiger partial charge in [0.05, 0.1) is 5.69 Å². The molecule has 0 fully saturated rings. The minimum atomic E-state index is -0.0611. The van der Waals surface area contributed by atoms with Crippen molar-refractivity contribution in [2.45, 2.75) is 33.1 Å². The highest BCUT2D eigenvalue weighted by atomic mass is 15.5. The van der Waals surface area contributed by atoms with Crippen molar-refractivity contribution in [1.29, 1.82) is 0 Å². The van der Waals surface area contributed by atoms with Gasteiger partial charge in [-0.05, 0) is 29.5 Å². The number of hydrogen-bond donors (Lipinski definition) is 0. The van der Waals surface area contributed by atoms with Crippen LogP contribution in [0, 0.1) is 6.92 Å². The van der Waals surface area contributed by atoms with Gasteiger partial charge in [-0.3, -0.25) is 0 Å². The van der Waals surface area contributed by atoms with Crippen molar-refractivity contribution in [3.63, 3.8) is 0 Å². The molecule has 1 heterocycles. The molecule has 1 aromatic heterocycles. The van der Waals surface area contributed by atoms with Gasteiger partial charge in [-0.15, -0.1) is 5.10 Å². The van der Waals surface area contributed by atoms with Crippen LogP contribution in [0.3, 0.4) is 0 Å². The summed E-state index contributed by atoms with van der Waals surface area (Å²) in [5.74, 6) is 0.872. The molecule has 84 valence electrons. The lowest BCUT2D eigenvalue weighted by Crippen LogP contribution is -2.18. The number of aryl methyl sites for hydroxylation is 1. The molecular weight excluding hydrogens is 200 g/mol. The number of aromatic nitrogens is 4. The summed E-state index contributed by atoms with van der Waals surface area (Å²) in [5.41, 5.74) is 2.17. The summed E-state index contributed by atoms with van der Waals surface area (Å²) < 4.78 is 1.79. The Morgan fingerprint density at radius 2 is 1.69 bits per heavy atom. The van der Waals surface area contributed by atoms with E-state index in [9.17, 15) is 0 Å². The summed E-state index contributed by atoms with van der Waals surface area (Å²) in [6.45, 7) is 8.37. The molecule has 2 aromatic rings. The fourth-order valence-electron chi connectivity index (χ4n) is 1.51. The quantitative estimate of drug-likeness (QED) is 0.734. The van der Waals surface area contributed by atoms with Crippen molar-refractivity contribution in [2.24, 2.45) is 0 Å². The topological polar surface area (TPSA) is 43.6 Å². The molecule has 4 heteroatoms. The van der Waals surface area contributed by atoms with Crippen molar-refractivity contribution < 1.29 is 0 Å². The molecule has 0 aliphatic heterocycles. The molecule has 0 amide bonds. The lowest BCUT2D eigenvalue weighted by atomic mass is 9.96. The fraction of sp³-hybridized carbons (Fsp3) is 0.417. The van der Waals surface area contributed by atoms with E-state index < -0.39 is 0 Å². The number of nitrogens with zero attached hydrogens (tertiary/aromatic N) is 4. The molecule has 0 aliphatic carbocycles. The van der Waals surface area contributed by atoms with E-state index in [0.29, 0.717) is 0 Å². The van der Waals surface area contributed by atoms with Crippen LogP contribution in [-0.2, 0) is 5.41 Å². The Balaban J connectivity index is 2.49. The standard InChI is InChI=1S/C12H16N4/c1-9-5-7-10(8-6-9)16-11(12(2,3)4)13-14-15-16/h5-8H,1-4H3. The lowest BCUT2D eigenvalue weighted by Gasteiger charge is -2.16. The molecule has 0 saturated heterocycles. The normalized spacial score (nSPS) is 11.8. The summed E-state index contributed by atoms with van der Waals surface area (Å²) in [5, 5.41) is 11.9. The zero-order chi connectivity index (χ0) is 11.8. The van der Waals surface area contributed by atoms with Gasteiger partial charge in [0.25, 0.3) is 0 Å². The first-order chi connectivity index (χ1) is 7.48. The van der Waals surface area contributed by atoms with Crippen LogP contribution in [0.5, 0.6) is 0 Å². The van der Waals surface area contributed by atoms with E-state index in [1.165, 1.54) is 5.56 Å². The Morgan fingerprint density at radius 1 is 1.06 bits per heavy atom. The smallest absolute Gasteiger partial charge is 0.162 e. The first-order valence-corrected chi connectivity index (χ1v) is 5.34. The van der Waals surface area contributed by atoms with Gasteiger partial charge >= 0.3 is 0 Å². The average molecular weight is 216 g/mol. The first kappa shape index (κ1) is 10.8. The molecule has 0 saturated carbocycles. The minimum Gasteiger partial charge on any atom is -0.197 e. The maximum Gasteiger partial charge on any atom is 0.162 e. The number of rotatable bonds is 1. The Morgan fingerprint density at radius 3 is 2.25 bits per heavy atom. The zero-order valence-electron chi connectivity index (χ0n) is 10.1. The maximum atomic E-state index is 4.09. The molecule has 0 aliphatic rings. The Hall–Kier alpha value is -1.71. The van der Waals surface area contributed by atoms with E-state index in [4.69, 9.17) is 0 Å². The molecule has 0 atom stereocenters. The molecule has 4 nitrogen and oxygen atoms in total. The Bertz CT molecular complexity index is 476. The summed E-state index contributed by atoms with van der Waals surface area (Å²) in [4.78, 5) is 0. The van der Waals surface area contributed by atoms with E-state index in [1.54, 1.807) is 4.68 Å². The van der Waals surface area contributed by atoms with Gasteiger partial charge in [-0.1, -0.05) is 38.5 Å². The van der Waals surface area contributed by atoms with Crippen LogP contribution in [0.2, 0.25) is 0 Å². The van der Waals surface area contributed by atoms with Gasteiger partial charge in [0.2, 0.25) is 0 Å². The molecular formula is C12H16N4. The molecule has 0 spiro atoms. The van der Waals surface area contributed by atoms with Gasteiger partial charge in [-0.25, -0.2) is 0 Å². The van der Waals surface area contributed by atoms with Crippen LogP contribution in [0.1, 0.15) is 32.2 Å². The summed E-state index contributed by atoms with van der Waals surface area (Å²) in [7, 11) is 0. The number of benzene rings is 1. The number of tetrazole rings is 1. The number of hydrogen-bond acceptors (Lipinski definition) is 3. The predicted molar refractivity (Wildman–Crippen MR) is 62.6 cm³/mol. The van der Waals surface area contributed by atoms with E-state index in [-0.39, 0.29) is 5.41 Å². The molecule has 16 heavy (non-hydrogen) atoms. The van der Waals surface area contributed by atoms with Crippen LogP contribution in [0.15, 0.2) is 24.3 Å². The summed E-state index contributed by atoms with van der Waals surface area (Å²) >= 11 is 0. The van der Waals surface area contributed by atoms with E-state index in [0.717, 1.165) is 11.5 Å². The lowest BCUT2D eigenvalue weighted by molar-refractivity contribution is 0.526. The molecule has 2 rings (SSSR count). The third-order valence-electron chi connectivity index (χ3n) is 2.42.